The Labute approximate surface area is 161 Å². The number of hydrogen-bond acceptors (Lipinski definition) is 4. The molecule has 146 valence electrons. The summed E-state index contributed by atoms with van der Waals surface area (Å²) in [6, 6.07) is 12.9. The van der Waals surface area contributed by atoms with E-state index in [0.29, 0.717) is 12.2 Å². The summed E-state index contributed by atoms with van der Waals surface area (Å²) in [4.78, 5) is 16.4. The molecule has 0 atom stereocenters. The molecule has 0 aliphatic rings. The topological polar surface area (TPSA) is 79.4 Å². The summed E-state index contributed by atoms with van der Waals surface area (Å²) in [7, 11) is -3.52. The molecule has 1 amide bonds. The molecule has 0 fully saturated rings. The molecule has 6 nitrogen and oxygen atoms in total. The van der Waals surface area contributed by atoms with Crippen LogP contribution in [0.2, 0.25) is 0 Å². The zero-order chi connectivity index (χ0) is 20.1. The first kappa shape index (κ1) is 20.9. The second kappa shape index (κ2) is 8.52. The van der Waals surface area contributed by atoms with Crippen molar-refractivity contribution in [3.63, 3.8) is 0 Å². The van der Waals surface area contributed by atoms with Crippen molar-refractivity contribution < 1.29 is 13.2 Å². The van der Waals surface area contributed by atoms with Crippen LogP contribution in [0, 0.1) is 0 Å². The zero-order valence-electron chi connectivity index (χ0n) is 16.3. The molecule has 0 saturated carbocycles. The van der Waals surface area contributed by atoms with E-state index in [1.165, 1.54) is 4.31 Å². The molecular formula is C20H27N3O3S. The largest absolute Gasteiger partial charge is 0.350 e. The van der Waals surface area contributed by atoms with Crippen LogP contribution in [-0.2, 0) is 26.8 Å². The van der Waals surface area contributed by atoms with Crippen LogP contribution in [0.1, 0.15) is 38.4 Å². The quantitative estimate of drug-likeness (QED) is 0.790. The maximum absolute atomic E-state index is 12.4. The number of aromatic nitrogens is 1. The van der Waals surface area contributed by atoms with Crippen molar-refractivity contribution in [2.45, 2.75) is 39.2 Å². The summed E-state index contributed by atoms with van der Waals surface area (Å²) in [6.07, 6.45) is 2.90. The Morgan fingerprint density at radius 2 is 1.78 bits per heavy atom. The van der Waals surface area contributed by atoms with Gasteiger partial charge in [-0.2, -0.15) is 0 Å². The lowest BCUT2D eigenvalue weighted by Crippen LogP contribution is -2.36. The van der Waals surface area contributed by atoms with Crippen molar-refractivity contribution in [2.24, 2.45) is 0 Å². The monoisotopic (exact) mass is 389 g/mol. The molecular weight excluding hydrogens is 362 g/mol. The van der Waals surface area contributed by atoms with Gasteiger partial charge in [0.2, 0.25) is 15.9 Å². The van der Waals surface area contributed by atoms with Gasteiger partial charge in [0.15, 0.2) is 0 Å². The van der Waals surface area contributed by atoms with E-state index < -0.39 is 10.0 Å². The average Bonchev–Trinajstić information content (AvgIpc) is 2.59. The van der Waals surface area contributed by atoms with Crippen molar-refractivity contribution >= 4 is 21.6 Å². The number of amides is 1. The van der Waals surface area contributed by atoms with E-state index in [2.05, 4.69) is 10.3 Å². The SMILES string of the molecule is CC(C)(C)c1ccccc1N(CCC(=O)NCc1ccccn1)S(C)(=O)=O. The number of nitrogens with zero attached hydrogens (tertiary/aromatic N) is 2. The van der Waals surface area contributed by atoms with E-state index in [-0.39, 0.29) is 24.3 Å². The molecule has 27 heavy (non-hydrogen) atoms. The van der Waals surface area contributed by atoms with Gasteiger partial charge >= 0.3 is 0 Å². The Kier molecular flexibility index (Phi) is 6.59. The number of pyridine rings is 1. The molecule has 0 aliphatic carbocycles. The first-order chi connectivity index (χ1) is 12.6. The zero-order valence-corrected chi connectivity index (χ0v) is 17.1. The lowest BCUT2D eigenvalue weighted by molar-refractivity contribution is -0.121. The molecule has 1 heterocycles. The van der Waals surface area contributed by atoms with Crippen LogP contribution >= 0.6 is 0 Å². The molecule has 2 rings (SSSR count). The fourth-order valence-corrected chi connectivity index (χ4v) is 3.71. The molecule has 1 N–H and O–H groups in total. The minimum atomic E-state index is -3.52. The van der Waals surface area contributed by atoms with Crippen LogP contribution in [0.25, 0.3) is 0 Å². The van der Waals surface area contributed by atoms with E-state index in [0.717, 1.165) is 17.5 Å². The first-order valence-corrected chi connectivity index (χ1v) is 10.7. The van der Waals surface area contributed by atoms with E-state index in [1.54, 1.807) is 12.3 Å². The van der Waals surface area contributed by atoms with Crippen molar-refractivity contribution in [1.29, 1.82) is 0 Å². The highest BCUT2D eigenvalue weighted by molar-refractivity contribution is 7.92. The maximum atomic E-state index is 12.4. The second-order valence-corrected chi connectivity index (χ2v) is 9.36. The third-order valence-electron chi connectivity index (χ3n) is 4.12. The predicted octanol–water partition coefficient (Wildman–Crippen LogP) is 2.85. The van der Waals surface area contributed by atoms with Gasteiger partial charge in [-0.05, 0) is 29.2 Å². The van der Waals surface area contributed by atoms with Crippen LogP contribution in [0.15, 0.2) is 48.7 Å². The highest BCUT2D eigenvalue weighted by Crippen LogP contribution is 2.33. The van der Waals surface area contributed by atoms with Gasteiger partial charge < -0.3 is 5.32 Å². The highest BCUT2D eigenvalue weighted by atomic mass is 32.2. The van der Waals surface area contributed by atoms with E-state index in [1.807, 2.05) is 57.2 Å². The van der Waals surface area contributed by atoms with Crippen LogP contribution in [0.4, 0.5) is 5.69 Å². The summed E-state index contributed by atoms with van der Waals surface area (Å²) in [5, 5.41) is 2.78. The molecule has 1 aromatic heterocycles. The second-order valence-electron chi connectivity index (χ2n) is 7.45. The Morgan fingerprint density at radius 1 is 1.11 bits per heavy atom. The van der Waals surface area contributed by atoms with Gasteiger partial charge in [0.1, 0.15) is 0 Å². The molecule has 0 aliphatic heterocycles. The van der Waals surface area contributed by atoms with Crippen LogP contribution < -0.4 is 9.62 Å². The summed E-state index contributed by atoms with van der Waals surface area (Å²) in [5.41, 5.74) is 2.07. The summed E-state index contributed by atoms with van der Waals surface area (Å²) >= 11 is 0. The molecule has 0 unspecified atom stereocenters. The van der Waals surface area contributed by atoms with Crippen LogP contribution in [0.5, 0.6) is 0 Å². The van der Waals surface area contributed by atoms with E-state index >= 15 is 0 Å². The van der Waals surface area contributed by atoms with Crippen LogP contribution in [-0.4, -0.2) is 32.1 Å². The number of nitrogens with one attached hydrogen (secondary N) is 1. The van der Waals surface area contributed by atoms with E-state index in [4.69, 9.17) is 0 Å². The van der Waals surface area contributed by atoms with Gasteiger partial charge in [-0.15, -0.1) is 0 Å². The summed E-state index contributed by atoms with van der Waals surface area (Å²) < 4.78 is 26.1. The third-order valence-corrected chi connectivity index (χ3v) is 5.30. The van der Waals surface area contributed by atoms with Gasteiger partial charge in [0.05, 0.1) is 24.2 Å². The molecule has 7 heteroatoms. The third kappa shape index (κ3) is 6.06. The number of benzene rings is 1. The number of carbonyl (C=O) groups is 1. The molecule has 0 spiro atoms. The highest BCUT2D eigenvalue weighted by Gasteiger charge is 2.25. The van der Waals surface area contributed by atoms with Gasteiger partial charge in [0.25, 0.3) is 0 Å². The van der Waals surface area contributed by atoms with Gasteiger partial charge in [0, 0.05) is 19.2 Å². The Hall–Kier alpha value is -2.41. The summed E-state index contributed by atoms with van der Waals surface area (Å²) in [6.45, 7) is 6.50. The van der Waals surface area contributed by atoms with Crippen molar-refractivity contribution in [1.82, 2.24) is 10.3 Å². The molecule has 1 aromatic carbocycles. The van der Waals surface area contributed by atoms with Gasteiger partial charge in [-0.1, -0.05) is 45.0 Å². The molecule has 0 saturated heterocycles. The van der Waals surface area contributed by atoms with Crippen LogP contribution in [0.3, 0.4) is 0 Å². The van der Waals surface area contributed by atoms with Crippen molar-refractivity contribution in [2.75, 3.05) is 17.1 Å². The number of hydrogen-bond donors (Lipinski definition) is 1. The number of anilines is 1. The Bertz CT molecular complexity index is 875. The van der Waals surface area contributed by atoms with Crippen molar-refractivity contribution in [3.05, 3.63) is 59.9 Å². The Morgan fingerprint density at radius 3 is 2.37 bits per heavy atom. The fourth-order valence-electron chi connectivity index (χ4n) is 2.77. The molecule has 2 aromatic rings. The van der Waals surface area contributed by atoms with Gasteiger partial charge in [-0.3, -0.25) is 14.1 Å². The minimum absolute atomic E-state index is 0.0678. The lowest BCUT2D eigenvalue weighted by Gasteiger charge is -2.30. The lowest BCUT2D eigenvalue weighted by atomic mass is 9.86. The van der Waals surface area contributed by atoms with Gasteiger partial charge in [-0.25, -0.2) is 8.42 Å². The minimum Gasteiger partial charge on any atom is -0.350 e. The number of carbonyl (C=O) groups excluding carboxylic acids is 1. The van der Waals surface area contributed by atoms with E-state index in [9.17, 15) is 13.2 Å². The maximum Gasteiger partial charge on any atom is 0.232 e. The molecule has 0 radical (unpaired) electrons. The first-order valence-electron chi connectivity index (χ1n) is 8.83. The standard InChI is InChI=1S/C20H27N3O3S/c1-20(2,3)17-10-5-6-11-18(17)23(27(4,25)26)14-12-19(24)22-15-16-9-7-8-13-21-16/h5-11,13H,12,14-15H2,1-4H3,(H,22,24). The number of para-hydroxylation sites is 1. The fraction of sp³-hybridized carbons (Fsp3) is 0.400. The smallest absolute Gasteiger partial charge is 0.232 e. The number of rotatable bonds is 7. The number of sulfonamides is 1. The predicted molar refractivity (Wildman–Crippen MR) is 108 cm³/mol. The summed E-state index contributed by atoms with van der Waals surface area (Å²) in [5.74, 6) is -0.220. The average molecular weight is 390 g/mol. The Balaban J connectivity index is 2.12. The normalized spacial score (nSPS) is 11.9. The van der Waals surface area contributed by atoms with Crippen molar-refractivity contribution in [3.8, 4) is 0 Å². The molecule has 0 bridgehead atoms.